The molecule has 1 aromatic heterocycles. The maximum absolute atomic E-state index is 12.1. The third-order valence-electron chi connectivity index (χ3n) is 2.93. The summed E-state index contributed by atoms with van der Waals surface area (Å²) in [6.45, 7) is 3.44. The van der Waals surface area contributed by atoms with Crippen LogP contribution in [0, 0.1) is 6.92 Å². The van der Waals surface area contributed by atoms with Crippen LogP contribution in [0.25, 0.3) is 0 Å². The Balaban J connectivity index is 1.95. The molecule has 6 heteroatoms. The van der Waals surface area contributed by atoms with E-state index in [0.717, 1.165) is 4.88 Å². The summed E-state index contributed by atoms with van der Waals surface area (Å²) in [5, 5.41) is 2.69. The lowest BCUT2D eigenvalue weighted by Crippen LogP contribution is -2.29. The van der Waals surface area contributed by atoms with Crippen molar-refractivity contribution in [1.82, 2.24) is 0 Å². The van der Waals surface area contributed by atoms with Crippen LogP contribution in [0.3, 0.4) is 0 Å². The zero-order valence-electron chi connectivity index (χ0n) is 12.6. The highest BCUT2D eigenvalue weighted by atomic mass is 32.1. The molecule has 0 bridgehead atoms. The predicted octanol–water partition coefficient (Wildman–Crippen LogP) is 3.25. The van der Waals surface area contributed by atoms with E-state index < -0.39 is 18.0 Å². The molecule has 0 saturated heterocycles. The molecule has 0 aliphatic carbocycles. The quantitative estimate of drug-likeness (QED) is 0.859. The highest BCUT2D eigenvalue weighted by Crippen LogP contribution is 2.18. The number of hydrogen-bond donors (Lipinski definition) is 1. The van der Waals surface area contributed by atoms with Gasteiger partial charge in [0.05, 0.1) is 7.11 Å². The smallest absolute Gasteiger partial charge is 0.349 e. The largest absolute Gasteiger partial charge is 0.497 e. The summed E-state index contributed by atoms with van der Waals surface area (Å²) >= 11 is 1.34. The maximum atomic E-state index is 12.1. The SMILES string of the molecule is COc1cccc(NC(=O)[C@H](C)OC(=O)c2ccc(C)s2)c1. The number of ether oxygens (including phenoxy) is 2. The van der Waals surface area contributed by atoms with Crippen LogP contribution < -0.4 is 10.1 Å². The number of aryl methyl sites for hydroxylation is 1. The van der Waals surface area contributed by atoms with E-state index in [4.69, 9.17) is 9.47 Å². The van der Waals surface area contributed by atoms with Gasteiger partial charge in [0, 0.05) is 16.6 Å². The van der Waals surface area contributed by atoms with Crippen molar-refractivity contribution in [3.63, 3.8) is 0 Å². The van der Waals surface area contributed by atoms with Crippen LogP contribution in [0.15, 0.2) is 36.4 Å². The number of methoxy groups -OCH3 is 1. The molecule has 5 nitrogen and oxygen atoms in total. The van der Waals surface area contributed by atoms with Gasteiger partial charge in [-0.2, -0.15) is 0 Å². The van der Waals surface area contributed by atoms with Crippen molar-refractivity contribution in [3.05, 3.63) is 46.2 Å². The summed E-state index contributed by atoms with van der Waals surface area (Å²) in [4.78, 5) is 25.5. The average molecular weight is 319 g/mol. The Labute approximate surface area is 132 Å². The van der Waals surface area contributed by atoms with E-state index in [1.807, 2.05) is 13.0 Å². The Morgan fingerprint density at radius 1 is 1.23 bits per heavy atom. The van der Waals surface area contributed by atoms with Crippen molar-refractivity contribution in [2.75, 3.05) is 12.4 Å². The highest BCUT2D eigenvalue weighted by Gasteiger charge is 2.20. The van der Waals surface area contributed by atoms with Crippen molar-refractivity contribution in [3.8, 4) is 5.75 Å². The van der Waals surface area contributed by atoms with Crippen molar-refractivity contribution in [1.29, 1.82) is 0 Å². The van der Waals surface area contributed by atoms with Gasteiger partial charge >= 0.3 is 5.97 Å². The minimum Gasteiger partial charge on any atom is -0.497 e. The summed E-state index contributed by atoms with van der Waals surface area (Å²) in [5.41, 5.74) is 0.583. The second kappa shape index (κ2) is 7.09. The van der Waals surface area contributed by atoms with Gasteiger partial charge in [-0.15, -0.1) is 11.3 Å². The van der Waals surface area contributed by atoms with Crippen LogP contribution in [-0.2, 0) is 9.53 Å². The van der Waals surface area contributed by atoms with Crippen LogP contribution >= 0.6 is 11.3 Å². The first-order chi connectivity index (χ1) is 10.5. The first kappa shape index (κ1) is 16.0. The van der Waals surface area contributed by atoms with Gasteiger partial charge in [-0.3, -0.25) is 4.79 Å². The predicted molar refractivity (Wildman–Crippen MR) is 85.6 cm³/mol. The molecule has 1 atom stereocenters. The molecule has 0 radical (unpaired) electrons. The molecule has 1 N–H and O–H groups in total. The van der Waals surface area contributed by atoms with Crippen molar-refractivity contribution < 1.29 is 19.1 Å². The number of rotatable bonds is 5. The molecule has 22 heavy (non-hydrogen) atoms. The van der Waals surface area contributed by atoms with Crippen LogP contribution in [0.2, 0.25) is 0 Å². The lowest BCUT2D eigenvalue weighted by atomic mass is 10.3. The summed E-state index contributed by atoms with van der Waals surface area (Å²) in [6, 6.07) is 10.5. The first-order valence-electron chi connectivity index (χ1n) is 6.72. The van der Waals surface area contributed by atoms with Crippen LogP contribution in [0.4, 0.5) is 5.69 Å². The van der Waals surface area contributed by atoms with E-state index in [9.17, 15) is 9.59 Å². The number of amides is 1. The van der Waals surface area contributed by atoms with E-state index in [0.29, 0.717) is 16.3 Å². The number of nitrogens with one attached hydrogen (secondary N) is 1. The normalized spacial score (nSPS) is 11.6. The molecule has 1 aromatic carbocycles. The van der Waals surface area contributed by atoms with E-state index >= 15 is 0 Å². The molecule has 1 amide bonds. The highest BCUT2D eigenvalue weighted by molar-refractivity contribution is 7.13. The Bertz CT molecular complexity index is 680. The number of anilines is 1. The van der Waals surface area contributed by atoms with Gasteiger partial charge in [0.25, 0.3) is 5.91 Å². The Kier molecular flexibility index (Phi) is 5.16. The molecule has 0 aliphatic heterocycles. The fraction of sp³-hybridized carbons (Fsp3) is 0.250. The topological polar surface area (TPSA) is 64.6 Å². The second-order valence-corrected chi connectivity index (χ2v) is 5.97. The Morgan fingerprint density at radius 2 is 2.00 bits per heavy atom. The molecule has 0 spiro atoms. The van der Waals surface area contributed by atoms with E-state index in [1.54, 1.807) is 37.4 Å². The molecular weight excluding hydrogens is 302 g/mol. The molecule has 116 valence electrons. The molecule has 0 aliphatic rings. The van der Waals surface area contributed by atoms with Crippen LogP contribution in [-0.4, -0.2) is 25.1 Å². The number of esters is 1. The Morgan fingerprint density at radius 3 is 2.64 bits per heavy atom. The fourth-order valence-electron chi connectivity index (χ4n) is 1.76. The summed E-state index contributed by atoms with van der Waals surface area (Å²) in [7, 11) is 1.55. The minimum atomic E-state index is -0.888. The molecular formula is C16H17NO4S. The molecule has 2 aromatic rings. The zero-order valence-corrected chi connectivity index (χ0v) is 13.4. The lowest BCUT2D eigenvalue weighted by molar-refractivity contribution is -0.123. The van der Waals surface area contributed by atoms with Gasteiger partial charge < -0.3 is 14.8 Å². The molecule has 2 rings (SSSR count). The van der Waals surface area contributed by atoms with Crippen molar-refractivity contribution in [2.45, 2.75) is 20.0 Å². The zero-order chi connectivity index (χ0) is 16.1. The summed E-state index contributed by atoms with van der Waals surface area (Å²) < 4.78 is 10.3. The van der Waals surface area contributed by atoms with Gasteiger partial charge in [-0.05, 0) is 38.1 Å². The van der Waals surface area contributed by atoms with E-state index in [2.05, 4.69) is 5.32 Å². The van der Waals surface area contributed by atoms with Gasteiger partial charge in [-0.1, -0.05) is 6.07 Å². The number of thiophene rings is 1. The van der Waals surface area contributed by atoms with E-state index in [1.165, 1.54) is 18.3 Å². The lowest BCUT2D eigenvalue weighted by Gasteiger charge is -2.13. The van der Waals surface area contributed by atoms with Crippen LogP contribution in [0.5, 0.6) is 5.75 Å². The number of carbonyl (C=O) groups is 2. The molecule has 0 unspecified atom stereocenters. The number of hydrogen-bond acceptors (Lipinski definition) is 5. The summed E-state index contributed by atoms with van der Waals surface area (Å²) in [5.74, 6) is -0.252. The number of carbonyl (C=O) groups excluding carboxylic acids is 2. The van der Waals surface area contributed by atoms with Gasteiger partial charge in [-0.25, -0.2) is 4.79 Å². The third-order valence-corrected chi connectivity index (χ3v) is 3.91. The first-order valence-corrected chi connectivity index (χ1v) is 7.53. The standard InChI is InChI=1S/C16H17NO4S/c1-10-7-8-14(22-10)16(19)21-11(2)15(18)17-12-5-4-6-13(9-12)20-3/h4-9,11H,1-3H3,(H,17,18)/t11-/m0/s1. The minimum absolute atomic E-state index is 0.394. The molecule has 1 heterocycles. The van der Waals surface area contributed by atoms with Crippen LogP contribution in [0.1, 0.15) is 21.5 Å². The van der Waals surface area contributed by atoms with Gasteiger partial charge in [0.15, 0.2) is 6.10 Å². The monoisotopic (exact) mass is 319 g/mol. The Hall–Kier alpha value is -2.34. The fourth-order valence-corrected chi connectivity index (χ4v) is 2.51. The maximum Gasteiger partial charge on any atom is 0.349 e. The van der Waals surface area contributed by atoms with Crippen molar-refractivity contribution >= 4 is 28.9 Å². The van der Waals surface area contributed by atoms with E-state index in [-0.39, 0.29) is 0 Å². The van der Waals surface area contributed by atoms with Crippen molar-refractivity contribution in [2.24, 2.45) is 0 Å². The van der Waals surface area contributed by atoms with Gasteiger partial charge in [0.1, 0.15) is 10.6 Å². The second-order valence-electron chi connectivity index (χ2n) is 4.68. The summed E-state index contributed by atoms with van der Waals surface area (Å²) in [6.07, 6.45) is -0.888. The van der Waals surface area contributed by atoms with Gasteiger partial charge in [0.2, 0.25) is 0 Å². The molecule has 0 fully saturated rings. The average Bonchev–Trinajstić information content (AvgIpc) is 2.94. The number of benzene rings is 1. The molecule has 0 saturated carbocycles. The third kappa shape index (κ3) is 4.08.